The lowest BCUT2D eigenvalue weighted by Gasteiger charge is -2.14. The molecule has 6 nitrogen and oxygen atoms in total. The second-order valence-electron chi connectivity index (χ2n) is 5.03. The van der Waals surface area contributed by atoms with E-state index < -0.39 is 0 Å². The summed E-state index contributed by atoms with van der Waals surface area (Å²) in [6.45, 7) is 0.610. The quantitative estimate of drug-likeness (QED) is 0.900. The van der Waals surface area contributed by atoms with Crippen molar-refractivity contribution in [2.45, 2.75) is 0 Å². The molecule has 2 aromatic rings. The second kappa shape index (κ2) is 7.31. The number of anilines is 1. The van der Waals surface area contributed by atoms with Crippen molar-refractivity contribution in [3.05, 3.63) is 48.4 Å². The smallest absolute Gasteiger partial charge is 0.282 e. The molecule has 1 aliphatic heterocycles. The van der Waals surface area contributed by atoms with Gasteiger partial charge in [0, 0.05) is 18.4 Å². The molecule has 0 saturated carbocycles. The fraction of sp³-hybridized carbons (Fsp3) is 0.188. The lowest BCUT2D eigenvalue weighted by atomic mass is 10.3. The van der Waals surface area contributed by atoms with Gasteiger partial charge in [0.15, 0.2) is 0 Å². The number of hydrogen-bond acceptors (Lipinski definition) is 5. The Morgan fingerprint density at radius 2 is 2.08 bits per heavy atom. The summed E-state index contributed by atoms with van der Waals surface area (Å²) in [5.74, 6) is 0.878. The molecule has 1 aliphatic rings. The van der Waals surface area contributed by atoms with Gasteiger partial charge >= 0.3 is 0 Å². The monoisotopic (exact) mass is 347 g/mol. The largest absolute Gasteiger partial charge is 0.439 e. The van der Waals surface area contributed by atoms with E-state index in [-0.39, 0.29) is 23.5 Å². The topological polar surface area (TPSA) is 71.5 Å². The fourth-order valence-electron chi connectivity index (χ4n) is 2.08. The molecule has 8 heteroatoms. The summed E-state index contributed by atoms with van der Waals surface area (Å²) in [6, 6.07) is 8.82. The van der Waals surface area contributed by atoms with Crippen LogP contribution in [0.1, 0.15) is 0 Å². The minimum absolute atomic E-state index is 0.0274. The van der Waals surface area contributed by atoms with Crippen molar-refractivity contribution >= 4 is 28.6 Å². The lowest BCUT2D eigenvalue weighted by molar-refractivity contribution is -0.116. The molecule has 1 aromatic carbocycles. The highest BCUT2D eigenvalue weighted by atomic mass is 32.2. The zero-order valence-electron chi connectivity index (χ0n) is 12.6. The maximum atomic E-state index is 12.8. The maximum absolute atomic E-state index is 12.8. The number of hydrogen-bond donors (Lipinski definition) is 1. The average Bonchev–Trinajstić information content (AvgIpc) is 2.96. The Balaban J connectivity index is 1.55. The number of ether oxygens (including phenoxy) is 1. The summed E-state index contributed by atoms with van der Waals surface area (Å²) in [5, 5.41) is 2.60. The van der Waals surface area contributed by atoms with Gasteiger partial charge in [-0.05, 0) is 30.3 Å². The molecule has 0 bridgehead atoms. The molecule has 0 unspecified atom stereocenters. The van der Waals surface area contributed by atoms with Gasteiger partial charge < -0.3 is 15.0 Å². The third kappa shape index (κ3) is 4.23. The first-order valence-electron chi connectivity index (χ1n) is 7.21. The predicted molar refractivity (Wildman–Crippen MR) is 88.8 cm³/mol. The summed E-state index contributed by atoms with van der Waals surface area (Å²) in [7, 11) is 0. The highest BCUT2D eigenvalue weighted by molar-refractivity contribution is 8.13. The van der Waals surface area contributed by atoms with E-state index in [9.17, 15) is 14.0 Å². The maximum Gasteiger partial charge on any atom is 0.282 e. The average molecular weight is 347 g/mol. The number of pyridine rings is 1. The molecule has 1 saturated heterocycles. The van der Waals surface area contributed by atoms with Crippen molar-refractivity contribution in [2.24, 2.45) is 0 Å². The van der Waals surface area contributed by atoms with E-state index >= 15 is 0 Å². The minimum Gasteiger partial charge on any atom is -0.439 e. The molecular weight excluding hydrogens is 333 g/mol. The third-order valence-corrected chi connectivity index (χ3v) is 4.13. The highest BCUT2D eigenvalue weighted by Crippen LogP contribution is 2.21. The van der Waals surface area contributed by atoms with Gasteiger partial charge in [0.25, 0.3) is 5.24 Å². The van der Waals surface area contributed by atoms with Gasteiger partial charge in [-0.1, -0.05) is 11.8 Å². The standard InChI is InChI=1S/C16H14FN3O3S/c17-11-1-4-13(5-2-11)23-15-6-3-12(9-18-15)19-14(21)10-20-7-8-24-16(20)22/h1-6,9H,7-8,10H2,(H,19,21). The van der Waals surface area contributed by atoms with Crippen LogP contribution < -0.4 is 10.1 Å². The molecule has 124 valence electrons. The SMILES string of the molecule is O=C(CN1CCSC1=O)Nc1ccc(Oc2ccc(F)cc2)nc1. The van der Waals surface area contributed by atoms with Gasteiger partial charge in [0.05, 0.1) is 11.9 Å². The van der Waals surface area contributed by atoms with Crippen LogP contribution in [-0.2, 0) is 4.79 Å². The molecule has 0 radical (unpaired) electrons. The summed E-state index contributed by atoms with van der Waals surface area (Å²) >= 11 is 1.21. The first-order chi connectivity index (χ1) is 11.6. The van der Waals surface area contributed by atoms with Crippen molar-refractivity contribution in [3.8, 4) is 11.6 Å². The minimum atomic E-state index is -0.344. The van der Waals surface area contributed by atoms with Gasteiger partial charge in [-0.2, -0.15) is 0 Å². The fourth-order valence-corrected chi connectivity index (χ4v) is 2.91. The van der Waals surface area contributed by atoms with Crippen LogP contribution >= 0.6 is 11.8 Å². The first kappa shape index (κ1) is 16.3. The van der Waals surface area contributed by atoms with E-state index in [0.717, 1.165) is 0 Å². The molecule has 1 aromatic heterocycles. The number of carbonyl (C=O) groups excluding carboxylic acids is 2. The molecule has 0 aliphatic carbocycles. The van der Waals surface area contributed by atoms with Crippen LogP contribution in [0.4, 0.5) is 14.9 Å². The molecular formula is C16H14FN3O3S. The summed E-state index contributed by atoms with van der Waals surface area (Å²) in [5.41, 5.74) is 0.505. The van der Waals surface area contributed by atoms with Crippen molar-refractivity contribution in [1.82, 2.24) is 9.88 Å². The van der Waals surface area contributed by atoms with Crippen molar-refractivity contribution in [2.75, 3.05) is 24.2 Å². The van der Waals surface area contributed by atoms with Crippen LogP contribution in [0.2, 0.25) is 0 Å². The Morgan fingerprint density at radius 3 is 2.71 bits per heavy atom. The summed E-state index contributed by atoms with van der Waals surface area (Å²) in [4.78, 5) is 29.0. The van der Waals surface area contributed by atoms with Crippen molar-refractivity contribution in [3.63, 3.8) is 0 Å². The number of benzene rings is 1. The summed E-state index contributed by atoms with van der Waals surface area (Å²) in [6.07, 6.45) is 1.46. The van der Waals surface area contributed by atoms with Crippen LogP contribution in [0.5, 0.6) is 11.6 Å². The Labute approximate surface area is 142 Å². The third-order valence-electron chi connectivity index (χ3n) is 3.24. The highest BCUT2D eigenvalue weighted by Gasteiger charge is 2.23. The Kier molecular flexibility index (Phi) is 4.95. The van der Waals surface area contributed by atoms with Crippen LogP contribution in [0, 0.1) is 5.82 Å². The number of halogens is 1. The Hall–Kier alpha value is -2.61. The molecule has 2 heterocycles. The van der Waals surface area contributed by atoms with E-state index in [4.69, 9.17) is 4.74 Å². The Bertz CT molecular complexity index is 737. The number of nitrogens with zero attached hydrogens (tertiary/aromatic N) is 2. The molecule has 0 spiro atoms. The zero-order chi connectivity index (χ0) is 16.9. The molecule has 24 heavy (non-hydrogen) atoms. The number of aromatic nitrogens is 1. The molecule has 1 fully saturated rings. The van der Waals surface area contributed by atoms with Gasteiger partial charge in [-0.3, -0.25) is 9.59 Å². The number of nitrogens with one attached hydrogen (secondary N) is 1. The molecule has 2 amide bonds. The van der Waals surface area contributed by atoms with Crippen LogP contribution in [-0.4, -0.2) is 39.9 Å². The van der Waals surface area contributed by atoms with Crippen molar-refractivity contribution < 1.29 is 18.7 Å². The van der Waals surface area contributed by atoms with E-state index in [0.29, 0.717) is 29.6 Å². The van der Waals surface area contributed by atoms with Gasteiger partial charge in [0.2, 0.25) is 11.8 Å². The zero-order valence-corrected chi connectivity index (χ0v) is 13.4. The molecule has 1 N–H and O–H groups in total. The van der Waals surface area contributed by atoms with E-state index in [2.05, 4.69) is 10.3 Å². The van der Waals surface area contributed by atoms with E-state index in [1.54, 1.807) is 12.1 Å². The van der Waals surface area contributed by atoms with Gasteiger partial charge in [-0.15, -0.1) is 0 Å². The molecule has 0 atom stereocenters. The number of carbonyl (C=O) groups is 2. The van der Waals surface area contributed by atoms with Crippen molar-refractivity contribution in [1.29, 1.82) is 0 Å². The Morgan fingerprint density at radius 1 is 1.29 bits per heavy atom. The lowest BCUT2D eigenvalue weighted by Crippen LogP contribution is -2.33. The van der Waals surface area contributed by atoms with Gasteiger partial charge in [0.1, 0.15) is 18.1 Å². The first-order valence-corrected chi connectivity index (χ1v) is 8.20. The van der Waals surface area contributed by atoms with E-state index in [1.165, 1.54) is 47.1 Å². The second-order valence-corrected chi connectivity index (χ2v) is 6.07. The normalized spacial score (nSPS) is 13.9. The molecule has 3 rings (SSSR count). The number of thioether (sulfide) groups is 1. The van der Waals surface area contributed by atoms with Crippen LogP contribution in [0.3, 0.4) is 0 Å². The number of amides is 2. The summed E-state index contributed by atoms with van der Waals surface area (Å²) < 4.78 is 18.3. The van der Waals surface area contributed by atoms with E-state index in [1.807, 2.05) is 0 Å². The predicted octanol–water partition coefficient (Wildman–Crippen LogP) is 3.12. The number of rotatable bonds is 5. The van der Waals surface area contributed by atoms with Crippen LogP contribution in [0.25, 0.3) is 0 Å². The van der Waals surface area contributed by atoms with Gasteiger partial charge in [-0.25, -0.2) is 9.37 Å². The van der Waals surface area contributed by atoms with Crippen LogP contribution in [0.15, 0.2) is 42.6 Å².